The Bertz CT molecular complexity index is 154. The average molecular weight is 142 g/mol. The van der Waals surface area contributed by atoms with Gasteiger partial charge in [0.2, 0.25) is 0 Å². The first kappa shape index (κ1) is 7.34. The summed E-state index contributed by atoms with van der Waals surface area (Å²) >= 11 is 0. The van der Waals surface area contributed by atoms with E-state index in [0.29, 0.717) is 13.2 Å². The minimum atomic E-state index is -0.121. The minimum absolute atomic E-state index is 0.0706. The van der Waals surface area contributed by atoms with Crippen LogP contribution < -0.4 is 5.73 Å². The van der Waals surface area contributed by atoms with E-state index in [4.69, 9.17) is 16.0 Å². The number of hydrogen-bond donors (Lipinski definition) is 1. The van der Waals surface area contributed by atoms with E-state index in [1.165, 1.54) is 0 Å². The molecule has 1 rings (SSSR count). The van der Waals surface area contributed by atoms with Crippen LogP contribution in [0.1, 0.15) is 6.42 Å². The average Bonchev–Trinajstić information content (AvgIpc) is 1.94. The van der Waals surface area contributed by atoms with E-state index in [9.17, 15) is 0 Å². The molecule has 2 N–H and O–H groups in total. The van der Waals surface area contributed by atoms with Gasteiger partial charge in [-0.3, -0.25) is 0 Å². The van der Waals surface area contributed by atoms with E-state index in [-0.39, 0.29) is 12.1 Å². The van der Waals surface area contributed by atoms with Gasteiger partial charge >= 0.3 is 0 Å². The SMILES string of the molecule is [N-]=[N+]=N[C@H]1CCOC[C@@H]1N. The summed E-state index contributed by atoms with van der Waals surface area (Å²) in [5, 5.41) is 3.54. The van der Waals surface area contributed by atoms with Crippen LogP contribution in [0, 0.1) is 0 Å². The molecule has 0 spiro atoms. The van der Waals surface area contributed by atoms with Crippen LogP contribution >= 0.6 is 0 Å². The van der Waals surface area contributed by atoms with Gasteiger partial charge < -0.3 is 10.5 Å². The van der Waals surface area contributed by atoms with Crippen molar-refractivity contribution < 1.29 is 4.74 Å². The molecule has 0 aliphatic carbocycles. The Hall–Kier alpha value is -0.770. The molecule has 0 bridgehead atoms. The minimum Gasteiger partial charge on any atom is -0.380 e. The molecule has 0 aromatic rings. The molecule has 0 amide bonds. The zero-order chi connectivity index (χ0) is 7.40. The van der Waals surface area contributed by atoms with E-state index in [1.807, 2.05) is 0 Å². The first-order valence-corrected chi connectivity index (χ1v) is 3.22. The van der Waals surface area contributed by atoms with Crippen molar-refractivity contribution in [1.29, 1.82) is 0 Å². The summed E-state index contributed by atoms with van der Waals surface area (Å²) in [6.45, 7) is 1.15. The molecule has 10 heavy (non-hydrogen) atoms. The van der Waals surface area contributed by atoms with Gasteiger partial charge in [0.1, 0.15) is 0 Å². The summed E-state index contributed by atoms with van der Waals surface area (Å²) in [4.78, 5) is 2.70. The summed E-state index contributed by atoms with van der Waals surface area (Å²) in [5.41, 5.74) is 13.7. The van der Waals surface area contributed by atoms with Gasteiger partial charge in [0.25, 0.3) is 0 Å². The molecule has 1 heterocycles. The third-order valence-electron chi connectivity index (χ3n) is 1.56. The maximum Gasteiger partial charge on any atom is 0.0621 e. The second kappa shape index (κ2) is 3.41. The van der Waals surface area contributed by atoms with Crippen molar-refractivity contribution in [2.24, 2.45) is 10.8 Å². The Kier molecular flexibility index (Phi) is 2.50. The topological polar surface area (TPSA) is 84.0 Å². The van der Waals surface area contributed by atoms with Crippen LogP contribution in [0.3, 0.4) is 0 Å². The Morgan fingerprint density at radius 3 is 3.10 bits per heavy atom. The molecule has 5 heteroatoms. The summed E-state index contributed by atoms with van der Waals surface area (Å²) < 4.78 is 5.05. The predicted molar refractivity (Wildman–Crippen MR) is 36.3 cm³/mol. The fourth-order valence-electron chi connectivity index (χ4n) is 0.958. The van der Waals surface area contributed by atoms with Crippen LogP contribution in [0.25, 0.3) is 10.4 Å². The molecule has 1 aliphatic rings. The van der Waals surface area contributed by atoms with Crippen LogP contribution in [0.2, 0.25) is 0 Å². The van der Waals surface area contributed by atoms with Crippen LogP contribution in [0.15, 0.2) is 5.11 Å². The first-order valence-electron chi connectivity index (χ1n) is 3.22. The van der Waals surface area contributed by atoms with Crippen molar-refractivity contribution in [2.45, 2.75) is 18.5 Å². The van der Waals surface area contributed by atoms with Crippen molar-refractivity contribution in [3.8, 4) is 0 Å². The van der Waals surface area contributed by atoms with Crippen LogP contribution in [0.4, 0.5) is 0 Å². The number of nitrogens with two attached hydrogens (primary N) is 1. The van der Waals surface area contributed by atoms with Gasteiger partial charge in [0.05, 0.1) is 12.6 Å². The molecular weight excluding hydrogens is 132 g/mol. The van der Waals surface area contributed by atoms with Crippen LogP contribution in [-0.2, 0) is 4.74 Å². The van der Waals surface area contributed by atoms with Crippen molar-refractivity contribution >= 4 is 0 Å². The Morgan fingerprint density at radius 1 is 1.70 bits per heavy atom. The lowest BCUT2D eigenvalue weighted by atomic mass is 10.1. The first-order chi connectivity index (χ1) is 4.84. The summed E-state index contributed by atoms with van der Waals surface area (Å²) in [7, 11) is 0. The summed E-state index contributed by atoms with van der Waals surface area (Å²) in [6, 6.07) is -0.191. The zero-order valence-corrected chi connectivity index (χ0v) is 5.60. The fourth-order valence-corrected chi connectivity index (χ4v) is 0.958. The number of nitrogens with zero attached hydrogens (tertiary/aromatic N) is 3. The molecule has 1 saturated heterocycles. The third kappa shape index (κ3) is 1.60. The molecule has 1 aliphatic heterocycles. The third-order valence-corrected chi connectivity index (χ3v) is 1.56. The normalized spacial score (nSPS) is 32.9. The van der Waals surface area contributed by atoms with Gasteiger partial charge in [-0.15, -0.1) is 0 Å². The maximum absolute atomic E-state index is 8.10. The number of rotatable bonds is 1. The lowest BCUT2D eigenvalue weighted by molar-refractivity contribution is 0.0712. The highest BCUT2D eigenvalue weighted by Crippen LogP contribution is 2.09. The Balaban J connectivity index is 2.47. The van der Waals surface area contributed by atoms with Crippen molar-refractivity contribution in [1.82, 2.24) is 0 Å². The van der Waals surface area contributed by atoms with Gasteiger partial charge in [0.15, 0.2) is 0 Å². The van der Waals surface area contributed by atoms with Gasteiger partial charge in [0, 0.05) is 17.6 Å². The van der Waals surface area contributed by atoms with Crippen LogP contribution in [0.5, 0.6) is 0 Å². The molecule has 0 unspecified atom stereocenters. The summed E-state index contributed by atoms with van der Waals surface area (Å²) in [5.74, 6) is 0. The fraction of sp³-hybridized carbons (Fsp3) is 1.00. The molecule has 56 valence electrons. The predicted octanol–water partition coefficient (Wildman–Crippen LogP) is 0.413. The lowest BCUT2D eigenvalue weighted by Gasteiger charge is -2.24. The standard InChI is InChI=1S/C5H10N4O/c6-4-3-10-2-1-5(4)8-9-7/h4-5H,1-3,6H2/t4-,5-/m0/s1. The maximum atomic E-state index is 8.10. The smallest absolute Gasteiger partial charge is 0.0621 e. The van der Waals surface area contributed by atoms with E-state index < -0.39 is 0 Å². The van der Waals surface area contributed by atoms with Gasteiger partial charge in [-0.2, -0.15) is 0 Å². The lowest BCUT2D eigenvalue weighted by Crippen LogP contribution is -2.42. The van der Waals surface area contributed by atoms with Crippen molar-refractivity contribution in [3.05, 3.63) is 10.4 Å². The Labute approximate surface area is 58.8 Å². The van der Waals surface area contributed by atoms with Crippen molar-refractivity contribution in [2.75, 3.05) is 13.2 Å². The second-order valence-electron chi connectivity index (χ2n) is 2.30. The highest BCUT2D eigenvalue weighted by molar-refractivity contribution is 4.82. The molecule has 0 aromatic carbocycles. The van der Waals surface area contributed by atoms with E-state index in [0.717, 1.165) is 6.42 Å². The highest BCUT2D eigenvalue weighted by Gasteiger charge is 2.20. The van der Waals surface area contributed by atoms with Gasteiger partial charge in [-0.1, -0.05) is 5.11 Å². The van der Waals surface area contributed by atoms with Gasteiger partial charge in [-0.05, 0) is 12.0 Å². The van der Waals surface area contributed by atoms with E-state index >= 15 is 0 Å². The van der Waals surface area contributed by atoms with E-state index in [2.05, 4.69) is 10.0 Å². The van der Waals surface area contributed by atoms with Gasteiger partial charge in [-0.25, -0.2) is 0 Å². The molecule has 2 atom stereocenters. The zero-order valence-electron chi connectivity index (χ0n) is 5.60. The molecule has 5 nitrogen and oxygen atoms in total. The second-order valence-corrected chi connectivity index (χ2v) is 2.30. The Morgan fingerprint density at radius 2 is 2.50 bits per heavy atom. The molecular formula is C5H10N4O. The number of ether oxygens (including phenoxy) is 1. The largest absolute Gasteiger partial charge is 0.380 e. The number of hydrogen-bond acceptors (Lipinski definition) is 3. The molecule has 1 fully saturated rings. The van der Waals surface area contributed by atoms with E-state index in [1.54, 1.807) is 0 Å². The number of azide groups is 1. The molecule has 0 radical (unpaired) electrons. The molecule has 0 aromatic heterocycles. The monoisotopic (exact) mass is 142 g/mol. The summed E-state index contributed by atoms with van der Waals surface area (Å²) in [6.07, 6.45) is 0.741. The van der Waals surface area contributed by atoms with Crippen LogP contribution in [-0.4, -0.2) is 25.3 Å². The quantitative estimate of drug-likeness (QED) is 0.326. The highest BCUT2D eigenvalue weighted by atomic mass is 16.5. The molecule has 0 saturated carbocycles. The van der Waals surface area contributed by atoms with Crippen molar-refractivity contribution in [3.63, 3.8) is 0 Å².